The van der Waals surface area contributed by atoms with E-state index in [9.17, 15) is 9.59 Å². The predicted octanol–water partition coefficient (Wildman–Crippen LogP) is 1.28. The summed E-state index contributed by atoms with van der Waals surface area (Å²) in [6, 6.07) is 5.46. The number of methoxy groups -OCH3 is 1. The van der Waals surface area contributed by atoms with Gasteiger partial charge in [-0.25, -0.2) is 4.79 Å². The van der Waals surface area contributed by atoms with E-state index in [1.165, 1.54) is 11.9 Å². The Bertz CT molecular complexity index is 689. The van der Waals surface area contributed by atoms with Crippen LogP contribution < -0.4 is 10.1 Å². The zero-order valence-corrected chi connectivity index (χ0v) is 13.3. The highest BCUT2D eigenvalue weighted by Gasteiger charge is 2.61. The third-order valence-corrected chi connectivity index (χ3v) is 5.53. The SMILES string of the molecule is COc1ccc2c(c1)C1(NC(=O)N(C)C1=O)[C@H]1COCC[C@@H]1C2. The highest BCUT2D eigenvalue weighted by Crippen LogP contribution is 2.49. The van der Waals surface area contributed by atoms with Gasteiger partial charge in [-0.15, -0.1) is 0 Å². The van der Waals surface area contributed by atoms with Crippen molar-refractivity contribution in [3.63, 3.8) is 0 Å². The fourth-order valence-electron chi connectivity index (χ4n) is 4.31. The molecule has 2 fully saturated rings. The summed E-state index contributed by atoms with van der Waals surface area (Å²) in [6.07, 6.45) is 1.81. The number of amides is 3. The van der Waals surface area contributed by atoms with Gasteiger partial charge in [-0.05, 0) is 42.0 Å². The summed E-state index contributed by atoms with van der Waals surface area (Å²) in [7, 11) is 3.13. The van der Waals surface area contributed by atoms with Crippen molar-refractivity contribution < 1.29 is 19.1 Å². The van der Waals surface area contributed by atoms with Crippen LogP contribution in [-0.4, -0.2) is 44.2 Å². The topological polar surface area (TPSA) is 67.9 Å². The largest absolute Gasteiger partial charge is 0.497 e. The van der Waals surface area contributed by atoms with Crippen molar-refractivity contribution in [3.8, 4) is 5.75 Å². The molecule has 0 saturated carbocycles. The molecule has 3 atom stereocenters. The lowest BCUT2D eigenvalue weighted by molar-refractivity contribution is -0.138. The molecule has 0 bridgehead atoms. The molecule has 1 spiro atoms. The first-order valence-corrected chi connectivity index (χ1v) is 7.93. The van der Waals surface area contributed by atoms with E-state index in [1.807, 2.05) is 18.2 Å². The number of hydrogen-bond acceptors (Lipinski definition) is 4. The molecule has 0 radical (unpaired) electrons. The van der Waals surface area contributed by atoms with Crippen LogP contribution in [0.15, 0.2) is 18.2 Å². The van der Waals surface area contributed by atoms with Crippen LogP contribution in [0.25, 0.3) is 0 Å². The first-order chi connectivity index (χ1) is 11.1. The Balaban J connectivity index is 1.94. The number of nitrogens with one attached hydrogen (secondary N) is 1. The van der Waals surface area contributed by atoms with E-state index in [-0.39, 0.29) is 17.9 Å². The Morgan fingerprint density at radius 1 is 1.39 bits per heavy atom. The third kappa shape index (κ3) is 1.84. The van der Waals surface area contributed by atoms with E-state index in [0.717, 1.165) is 24.0 Å². The lowest BCUT2D eigenvalue weighted by Crippen LogP contribution is -2.58. The zero-order chi connectivity index (χ0) is 16.2. The van der Waals surface area contributed by atoms with Gasteiger partial charge in [-0.3, -0.25) is 9.69 Å². The first kappa shape index (κ1) is 14.5. The molecule has 23 heavy (non-hydrogen) atoms. The molecular weight excluding hydrogens is 296 g/mol. The molecule has 1 N–H and O–H groups in total. The monoisotopic (exact) mass is 316 g/mol. The van der Waals surface area contributed by atoms with Gasteiger partial charge in [0.25, 0.3) is 5.91 Å². The van der Waals surface area contributed by atoms with Crippen LogP contribution in [0.4, 0.5) is 4.79 Å². The molecule has 2 heterocycles. The second kappa shape index (κ2) is 4.96. The molecule has 1 aromatic carbocycles. The van der Waals surface area contributed by atoms with Gasteiger partial charge in [0.1, 0.15) is 5.75 Å². The number of urea groups is 1. The van der Waals surface area contributed by atoms with Gasteiger partial charge in [-0.1, -0.05) is 6.07 Å². The number of carbonyl (C=O) groups excluding carboxylic acids is 2. The number of benzene rings is 1. The van der Waals surface area contributed by atoms with Crippen LogP contribution in [-0.2, 0) is 21.5 Å². The van der Waals surface area contributed by atoms with E-state index in [2.05, 4.69) is 5.32 Å². The Labute approximate surface area is 134 Å². The van der Waals surface area contributed by atoms with E-state index >= 15 is 0 Å². The predicted molar refractivity (Wildman–Crippen MR) is 82.1 cm³/mol. The third-order valence-electron chi connectivity index (χ3n) is 5.53. The number of hydrogen-bond donors (Lipinski definition) is 1. The smallest absolute Gasteiger partial charge is 0.325 e. The summed E-state index contributed by atoms with van der Waals surface area (Å²) < 4.78 is 11.0. The Morgan fingerprint density at radius 3 is 2.91 bits per heavy atom. The molecule has 1 aromatic rings. The molecule has 6 heteroatoms. The zero-order valence-electron chi connectivity index (χ0n) is 13.3. The summed E-state index contributed by atoms with van der Waals surface area (Å²) in [5.74, 6) is 0.782. The molecule has 3 amide bonds. The standard InChI is InChI=1S/C17H20N2O4/c1-19-15(20)17(18-16(19)21)13-8-12(22-2)4-3-10(13)7-11-5-6-23-9-14(11)17/h3-4,8,11,14H,5-7,9H2,1-2H3,(H,18,21)/t11-,14+,17?/m1/s1. The van der Waals surface area contributed by atoms with Crippen LogP contribution >= 0.6 is 0 Å². The number of carbonyl (C=O) groups is 2. The molecule has 1 aliphatic carbocycles. The minimum Gasteiger partial charge on any atom is -0.497 e. The van der Waals surface area contributed by atoms with Crippen molar-refractivity contribution in [1.82, 2.24) is 10.2 Å². The summed E-state index contributed by atoms with van der Waals surface area (Å²) in [5.41, 5.74) is 0.933. The van der Waals surface area contributed by atoms with Gasteiger partial charge in [0.15, 0.2) is 5.54 Å². The second-order valence-corrected chi connectivity index (χ2v) is 6.56. The number of fused-ring (bicyclic) bond motifs is 4. The van der Waals surface area contributed by atoms with E-state index in [4.69, 9.17) is 9.47 Å². The summed E-state index contributed by atoms with van der Waals surface area (Å²) in [6.45, 7) is 1.20. The molecule has 0 aromatic heterocycles. The maximum atomic E-state index is 13.1. The molecule has 2 saturated heterocycles. The summed E-state index contributed by atoms with van der Waals surface area (Å²) >= 11 is 0. The van der Waals surface area contributed by atoms with E-state index in [0.29, 0.717) is 24.9 Å². The quantitative estimate of drug-likeness (QED) is 0.793. The number of rotatable bonds is 1. The molecule has 4 rings (SSSR count). The van der Waals surface area contributed by atoms with Gasteiger partial charge < -0.3 is 14.8 Å². The number of imide groups is 1. The number of ether oxygens (including phenoxy) is 2. The molecule has 3 aliphatic rings. The minimum absolute atomic E-state index is 0.0442. The van der Waals surface area contributed by atoms with Crippen molar-refractivity contribution in [1.29, 1.82) is 0 Å². The summed E-state index contributed by atoms with van der Waals surface area (Å²) in [4.78, 5) is 26.5. The fourth-order valence-corrected chi connectivity index (χ4v) is 4.31. The maximum absolute atomic E-state index is 13.1. The van der Waals surface area contributed by atoms with Crippen LogP contribution in [0, 0.1) is 11.8 Å². The average molecular weight is 316 g/mol. The van der Waals surface area contributed by atoms with Crippen molar-refractivity contribution >= 4 is 11.9 Å². The van der Waals surface area contributed by atoms with Crippen LogP contribution in [0.2, 0.25) is 0 Å². The lowest BCUT2D eigenvalue weighted by Gasteiger charge is -2.47. The fraction of sp³-hybridized carbons (Fsp3) is 0.529. The summed E-state index contributed by atoms with van der Waals surface area (Å²) in [5, 5.41) is 2.98. The second-order valence-electron chi connectivity index (χ2n) is 6.56. The van der Waals surface area contributed by atoms with Gasteiger partial charge >= 0.3 is 6.03 Å². The average Bonchev–Trinajstić information content (AvgIpc) is 2.80. The Kier molecular flexibility index (Phi) is 3.13. The molecular formula is C17H20N2O4. The van der Waals surface area contributed by atoms with Crippen molar-refractivity contribution in [2.45, 2.75) is 18.4 Å². The van der Waals surface area contributed by atoms with Crippen molar-refractivity contribution in [3.05, 3.63) is 29.3 Å². The number of likely N-dealkylation sites (N-methyl/N-ethyl adjacent to an activating group) is 1. The normalized spacial score (nSPS) is 32.5. The molecule has 6 nitrogen and oxygen atoms in total. The van der Waals surface area contributed by atoms with Gasteiger partial charge in [0, 0.05) is 19.6 Å². The van der Waals surface area contributed by atoms with Crippen LogP contribution in [0.5, 0.6) is 5.75 Å². The van der Waals surface area contributed by atoms with Crippen LogP contribution in [0.3, 0.4) is 0 Å². The highest BCUT2D eigenvalue weighted by atomic mass is 16.5. The Morgan fingerprint density at radius 2 is 2.22 bits per heavy atom. The molecule has 1 unspecified atom stereocenters. The highest BCUT2D eigenvalue weighted by molar-refractivity contribution is 6.07. The van der Waals surface area contributed by atoms with Gasteiger partial charge in [0.2, 0.25) is 0 Å². The minimum atomic E-state index is -1.03. The van der Waals surface area contributed by atoms with E-state index < -0.39 is 5.54 Å². The lowest BCUT2D eigenvalue weighted by atomic mass is 9.62. The van der Waals surface area contributed by atoms with Crippen LogP contribution in [0.1, 0.15) is 17.5 Å². The van der Waals surface area contributed by atoms with Crippen molar-refractivity contribution in [2.75, 3.05) is 27.4 Å². The first-order valence-electron chi connectivity index (χ1n) is 7.93. The number of nitrogens with zero attached hydrogens (tertiary/aromatic N) is 1. The van der Waals surface area contributed by atoms with Gasteiger partial charge in [-0.2, -0.15) is 0 Å². The molecule has 122 valence electrons. The van der Waals surface area contributed by atoms with Gasteiger partial charge in [0.05, 0.1) is 13.7 Å². The van der Waals surface area contributed by atoms with Crippen molar-refractivity contribution in [2.24, 2.45) is 11.8 Å². The maximum Gasteiger partial charge on any atom is 0.325 e. The van der Waals surface area contributed by atoms with E-state index in [1.54, 1.807) is 7.11 Å². The Hall–Kier alpha value is -2.08. The molecule has 2 aliphatic heterocycles.